The second-order valence-electron chi connectivity index (χ2n) is 4.93. The van der Waals surface area contributed by atoms with Crippen LogP contribution in [0.3, 0.4) is 0 Å². The van der Waals surface area contributed by atoms with E-state index in [1.165, 1.54) is 6.33 Å². The summed E-state index contributed by atoms with van der Waals surface area (Å²) in [4.78, 5) is 18.2. The van der Waals surface area contributed by atoms with Gasteiger partial charge in [0.1, 0.15) is 9.39 Å². The first-order chi connectivity index (χ1) is 7.86. The third-order valence-electron chi connectivity index (χ3n) is 2.55. The molecule has 1 heterocycles. The van der Waals surface area contributed by atoms with Crippen molar-refractivity contribution in [2.24, 2.45) is 5.41 Å². The van der Waals surface area contributed by atoms with Gasteiger partial charge >= 0.3 is 0 Å². The topological polar surface area (TPSA) is 57.8 Å². The summed E-state index contributed by atoms with van der Waals surface area (Å²) in [5.74, 6) is 1.20. The van der Waals surface area contributed by atoms with Crippen LogP contribution in [0.25, 0.3) is 0 Å². The predicted molar refractivity (Wildman–Crippen MR) is 79.8 cm³/mol. The van der Waals surface area contributed by atoms with Gasteiger partial charge in [-0.1, -0.05) is 20.8 Å². The highest BCUT2D eigenvalue weighted by Gasteiger charge is 2.25. The molecule has 0 spiro atoms. The first-order valence-corrected chi connectivity index (χ1v) is 7.03. The summed E-state index contributed by atoms with van der Waals surface area (Å²) in [6.45, 7) is 6.41. The number of halogens is 2. The lowest BCUT2D eigenvalue weighted by Crippen LogP contribution is -2.35. The number of H-pyrrole nitrogens is 1. The Morgan fingerprint density at radius 1 is 1.59 bits per heavy atom. The maximum atomic E-state index is 11.5. The minimum Gasteiger partial charge on any atom is -0.366 e. The minimum absolute atomic E-state index is 0.0578. The SMILES string of the molecule is CC(C)(C)C(CCCl)Nc1nc[nH]c(=O)c1I. The Labute approximate surface area is 120 Å². The van der Waals surface area contributed by atoms with E-state index in [0.717, 1.165) is 6.42 Å². The number of rotatable bonds is 4. The number of nitrogens with zero attached hydrogens (tertiary/aromatic N) is 1. The van der Waals surface area contributed by atoms with Crippen LogP contribution in [-0.2, 0) is 0 Å². The molecule has 1 unspecified atom stereocenters. The van der Waals surface area contributed by atoms with Crippen molar-refractivity contribution in [1.29, 1.82) is 0 Å². The second kappa shape index (κ2) is 6.04. The van der Waals surface area contributed by atoms with Crippen LogP contribution in [0.15, 0.2) is 11.1 Å². The monoisotopic (exact) mass is 369 g/mol. The van der Waals surface area contributed by atoms with Crippen molar-refractivity contribution in [3.8, 4) is 0 Å². The van der Waals surface area contributed by atoms with Gasteiger partial charge in [-0.2, -0.15) is 0 Å². The Bertz CT molecular complexity index is 427. The maximum absolute atomic E-state index is 11.5. The van der Waals surface area contributed by atoms with Gasteiger partial charge in [0.2, 0.25) is 0 Å². The van der Waals surface area contributed by atoms with Gasteiger partial charge in [-0.3, -0.25) is 4.79 Å². The van der Waals surface area contributed by atoms with Gasteiger partial charge in [0.15, 0.2) is 0 Å². The van der Waals surface area contributed by atoms with Crippen LogP contribution in [0.1, 0.15) is 27.2 Å². The van der Waals surface area contributed by atoms with Crippen molar-refractivity contribution in [3.05, 3.63) is 20.3 Å². The molecule has 1 aromatic rings. The van der Waals surface area contributed by atoms with E-state index >= 15 is 0 Å². The first-order valence-electron chi connectivity index (χ1n) is 5.42. The average molecular weight is 370 g/mol. The fourth-order valence-corrected chi connectivity index (χ4v) is 2.15. The molecular weight excluding hydrogens is 352 g/mol. The summed E-state index contributed by atoms with van der Waals surface area (Å²) in [6.07, 6.45) is 2.24. The van der Waals surface area contributed by atoms with Crippen molar-refractivity contribution in [2.75, 3.05) is 11.2 Å². The molecule has 0 saturated heterocycles. The first kappa shape index (κ1) is 14.8. The summed E-state index contributed by atoms with van der Waals surface area (Å²) in [5, 5.41) is 3.31. The van der Waals surface area contributed by atoms with Crippen molar-refractivity contribution < 1.29 is 0 Å². The van der Waals surface area contributed by atoms with Crippen LogP contribution in [0.2, 0.25) is 0 Å². The number of hydrogen-bond acceptors (Lipinski definition) is 3. The van der Waals surface area contributed by atoms with Gasteiger partial charge in [-0.15, -0.1) is 11.6 Å². The van der Waals surface area contributed by atoms with Crippen molar-refractivity contribution in [2.45, 2.75) is 33.2 Å². The van der Waals surface area contributed by atoms with Crippen molar-refractivity contribution in [3.63, 3.8) is 0 Å². The molecule has 4 nitrogen and oxygen atoms in total. The molecule has 0 radical (unpaired) electrons. The van der Waals surface area contributed by atoms with Crippen LogP contribution in [-0.4, -0.2) is 21.9 Å². The number of anilines is 1. The molecule has 0 aliphatic rings. The molecule has 0 bridgehead atoms. The molecule has 17 heavy (non-hydrogen) atoms. The molecule has 0 aliphatic carbocycles. The molecule has 0 fully saturated rings. The number of aromatic amines is 1. The van der Waals surface area contributed by atoms with Gasteiger partial charge in [-0.25, -0.2) is 4.98 Å². The smallest absolute Gasteiger partial charge is 0.266 e. The molecule has 0 saturated carbocycles. The van der Waals surface area contributed by atoms with E-state index in [-0.39, 0.29) is 17.0 Å². The van der Waals surface area contributed by atoms with Crippen LogP contribution >= 0.6 is 34.2 Å². The normalized spacial score (nSPS) is 13.5. The van der Waals surface area contributed by atoms with Crippen LogP contribution in [0.4, 0.5) is 5.82 Å². The standard InChI is InChI=1S/C11H17ClIN3O/c1-11(2,3)7(4-5-12)16-9-8(13)10(17)15-6-14-9/h6-7H,4-5H2,1-3H3,(H2,14,15,16,17). The lowest BCUT2D eigenvalue weighted by atomic mass is 9.85. The third kappa shape index (κ3) is 4.13. The predicted octanol–water partition coefficient (Wildman–Crippen LogP) is 2.83. The van der Waals surface area contributed by atoms with Gasteiger partial charge in [0.05, 0.1) is 6.33 Å². The molecule has 0 aromatic carbocycles. The number of nitrogens with one attached hydrogen (secondary N) is 2. The highest BCUT2D eigenvalue weighted by Crippen LogP contribution is 2.26. The summed E-state index contributed by atoms with van der Waals surface area (Å²) < 4.78 is 0.578. The lowest BCUT2D eigenvalue weighted by molar-refractivity contribution is 0.334. The van der Waals surface area contributed by atoms with Crippen LogP contribution in [0, 0.1) is 8.99 Å². The van der Waals surface area contributed by atoms with E-state index in [1.54, 1.807) is 0 Å². The quantitative estimate of drug-likeness (QED) is 0.634. The summed E-state index contributed by atoms with van der Waals surface area (Å²) in [5.41, 5.74) is -0.0657. The Hall–Kier alpha value is -0.300. The molecule has 1 atom stereocenters. The Balaban J connectivity index is 2.94. The van der Waals surface area contributed by atoms with E-state index in [2.05, 4.69) is 36.1 Å². The summed E-state index contributed by atoms with van der Waals surface area (Å²) in [6, 6.07) is 0.183. The molecule has 96 valence electrons. The van der Waals surface area contributed by atoms with Gasteiger partial charge < -0.3 is 10.3 Å². The van der Waals surface area contributed by atoms with Crippen LogP contribution in [0.5, 0.6) is 0 Å². The van der Waals surface area contributed by atoms with E-state index in [1.807, 2.05) is 22.6 Å². The highest BCUT2D eigenvalue weighted by atomic mass is 127. The summed E-state index contributed by atoms with van der Waals surface area (Å²) >= 11 is 7.80. The molecule has 0 amide bonds. The van der Waals surface area contributed by atoms with Gasteiger partial charge in [-0.05, 0) is 34.4 Å². The highest BCUT2D eigenvalue weighted by molar-refractivity contribution is 14.1. The van der Waals surface area contributed by atoms with E-state index in [4.69, 9.17) is 11.6 Å². The average Bonchev–Trinajstić information content (AvgIpc) is 2.22. The number of alkyl halides is 1. The number of hydrogen-bond donors (Lipinski definition) is 2. The molecule has 2 N–H and O–H groups in total. The summed E-state index contributed by atoms with van der Waals surface area (Å²) in [7, 11) is 0. The van der Waals surface area contributed by atoms with E-state index in [0.29, 0.717) is 15.3 Å². The minimum atomic E-state index is -0.123. The zero-order chi connectivity index (χ0) is 13.1. The fourth-order valence-electron chi connectivity index (χ4n) is 1.48. The van der Waals surface area contributed by atoms with Crippen molar-refractivity contribution >= 4 is 40.0 Å². The lowest BCUT2D eigenvalue weighted by Gasteiger charge is -2.31. The molecule has 1 aromatic heterocycles. The second-order valence-corrected chi connectivity index (χ2v) is 6.39. The Morgan fingerprint density at radius 3 is 2.76 bits per heavy atom. The Morgan fingerprint density at radius 2 is 2.24 bits per heavy atom. The van der Waals surface area contributed by atoms with Crippen molar-refractivity contribution in [1.82, 2.24) is 9.97 Å². The molecule has 1 rings (SSSR count). The zero-order valence-electron chi connectivity index (χ0n) is 10.2. The van der Waals surface area contributed by atoms with Gasteiger partial charge in [0.25, 0.3) is 5.56 Å². The fraction of sp³-hybridized carbons (Fsp3) is 0.636. The third-order valence-corrected chi connectivity index (χ3v) is 3.77. The maximum Gasteiger partial charge on any atom is 0.266 e. The van der Waals surface area contributed by atoms with E-state index in [9.17, 15) is 4.79 Å². The molecule has 6 heteroatoms. The van der Waals surface area contributed by atoms with Gasteiger partial charge in [0, 0.05) is 11.9 Å². The van der Waals surface area contributed by atoms with E-state index < -0.39 is 0 Å². The number of aromatic nitrogens is 2. The molecule has 0 aliphatic heterocycles. The Kier molecular flexibility index (Phi) is 5.24. The zero-order valence-corrected chi connectivity index (χ0v) is 13.1. The molecular formula is C11H17ClIN3O. The van der Waals surface area contributed by atoms with Crippen LogP contribution < -0.4 is 10.9 Å². The largest absolute Gasteiger partial charge is 0.366 e.